The molecule has 4 nitrogen and oxygen atoms in total. The van der Waals surface area contributed by atoms with E-state index in [0.717, 1.165) is 38.4 Å². The third-order valence-corrected chi connectivity index (χ3v) is 3.98. The molecule has 5 heteroatoms. The smallest absolute Gasteiger partial charge is 0.133 e. The Hall–Kier alpha value is -1.78. The van der Waals surface area contributed by atoms with Crippen LogP contribution in [0.2, 0.25) is 5.15 Å². The highest BCUT2D eigenvalue weighted by Crippen LogP contribution is 2.22. The monoisotopic (exact) mass is 302 g/mol. The molecule has 0 radical (unpaired) electrons. The maximum atomic E-state index is 5.98. The number of aromatic nitrogens is 1. The molecule has 1 saturated heterocycles. The highest BCUT2D eigenvalue weighted by molar-refractivity contribution is 6.29. The van der Waals surface area contributed by atoms with E-state index < -0.39 is 0 Å². The molecular weight excluding hydrogens is 284 g/mol. The van der Waals surface area contributed by atoms with E-state index in [1.165, 1.54) is 5.56 Å². The Balaban J connectivity index is 1.60. The molecule has 2 aromatic rings. The molecule has 2 N–H and O–H groups in total. The first-order valence-corrected chi connectivity index (χ1v) is 7.53. The van der Waals surface area contributed by atoms with Crippen molar-refractivity contribution in [2.75, 3.05) is 36.8 Å². The van der Waals surface area contributed by atoms with Gasteiger partial charge in [-0.1, -0.05) is 41.9 Å². The average Bonchev–Trinajstić information content (AvgIpc) is 2.48. The van der Waals surface area contributed by atoms with E-state index >= 15 is 0 Å². The van der Waals surface area contributed by atoms with Crippen LogP contribution in [0.4, 0.5) is 11.5 Å². The van der Waals surface area contributed by atoms with Crippen LogP contribution < -0.4 is 10.6 Å². The van der Waals surface area contributed by atoms with E-state index in [4.69, 9.17) is 17.3 Å². The minimum absolute atomic E-state index is 0.455. The molecule has 1 aromatic carbocycles. The van der Waals surface area contributed by atoms with Crippen LogP contribution in [0.15, 0.2) is 42.5 Å². The number of pyridine rings is 1. The highest BCUT2D eigenvalue weighted by atomic mass is 35.5. The van der Waals surface area contributed by atoms with Crippen molar-refractivity contribution in [3.63, 3.8) is 0 Å². The normalized spacial score (nSPS) is 16.1. The molecule has 1 fully saturated rings. The Morgan fingerprint density at radius 2 is 1.76 bits per heavy atom. The van der Waals surface area contributed by atoms with E-state index in [1.807, 2.05) is 12.1 Å². The first-order valence-electron chi connectivity index (χ1n) is 7.15. The van der Waals surface area contributed by atoms with E-state index in [-0.39, 0.29) is 0 Å². The number of nitrogen functional groups attached to an aromatic ring is 1. The van der Waals surface area contributed by atoms with Gasteiger partial charge in [-0.05, 0) is 11.6 Å². The number of hydrogen-bond acceptors (Lipinski definition) is 4. The van der Waals surface area contributed by atoms with Crippen molar-refractivity contribution in [1.29, 1.82) is 0 Å². The standard InChI is InChI=1S/C16H19ClN4/c17-15-10-14(11-16(18)19-15)21-8-6-20(7-9-21)12-13-4-2-1-3-5-13/h1-5,10-11H,6-9,12H2,(H2,18,19). The zero-order chi connectivity index (χ0) is 14.7. The summed E-state index contributed by atoms with van der Waals surface area (Å²) in [6.07, 6.45) is 0. The molecule has 0 bridgehead atoms. The summed E-state index contributed by atoms with van der Waals surface area (Å²) in [7, 11) is 0. The third-order valence-electron chi connectivity index (χ3n) is 3.79. The van der Waals surface area contributed by atoms with Crippen molar-refractivity contribution in [2.24, 2.45) is 0 Å². The highest BCUT2D eigenvalue weighted by Gasteiger charge is 2.18. The van der Waals surface area contributed by atoms with Gasteiger partial charge in [0.05, 0.1) is 0 Å². The quantitative estimate of drug-likeness (QED) is 0.885. The number of rotatable bonds is 3. The first-order chi connectivity index (χ1) is 10.2. The lowest BCUT2D eigenvalue weighted by molar-refractivity contribution is 0.250. The SMILES string of the molecule is Nc1cc(N2CCN(Cc3ccccc3)CC2)cc(Cl)n1. The van der Waals surface area contributed by atoms with Gasteiger partial charge in [0.15, 0.2) is 0 Å². The molecule has 1 aliphatic heterocycles. The van der Waals surface area contributed by atoms with Crippen molar-refractivity contribution < 1.29 is 0 Å². The van der Waals surface area contributed by atoms with Crippen LogP contribution in [0, 0.1) is 0 Å². The summed E-state index contributed by atoms with van der Waals surface area (Å²) >= 11 is 5.98. The Bertz CT molecular complexity index is 574. The summed E-state index contributed by atoms with van der Waals surface area (Å²) in [4.78, 5) is 8.79. The molecule has 0 saturated carbocycles. The molecule has 1 aliphatic rings. The lowest BCUT2D eigenvalue weighted by Crippen LogP contribution is -2.46. The van der Waals surface area contributed by atoms with Crippen LogP contribution >= 0.6 is 11.6 Å². The third kappa shape index (κ3) is 3.65. The Morgan fingerprint density at radius 3 is 2.43 bits per heavy atom. The number of hydrogen-bond donors (Lipinski definition) is 1. The van der Waals surface area contributed by atoms with Gasteiger partial charge >= 0.3 is 0 Å². The van der Waals surface area contributed by atoms with E-state index in [9.17, 15) is 0 Å². The van der Waals surface area contributed by atoms with Crippen LogP contribution in [-0.2, 0) is 6.54 Å². The predicted molar refractivity (Wildman–Crippen MR) is 87.6 cm³/mol. The molecule has 0 amide bonds. The maximum absolute atomic E-state index is 5.98. The zero-order valence-electron chi connectivity index (χ0n) is 11.9. The first kappa shape index (κ1) is 14.2. The fourth-order valence-corrected chi connectivity index (χ4v) is 2.90. The molecule has 2 heterocycles. The van der Waals surface area contributed by atoms with Gasteiger partial charge in [0.2, 0.25) is 0 Å². The summed E-state index contributed by atoms with van der Waals surface area (Å²) in [6.45, 7) is 5.04. The number of nitrogens with zero attached hydrogens (tertiary/aromatic N) is 3. The van der Waals surface area contributed by atoms with Crippen molar-refractivity contribution in [1.82, 2.24) is 9.88 Å². The summed E-state index contributed by atoms with van der Waals surface area (Å²) in [5.74, 6) is 0.476. The Labute approximate surface area is 130 Å². The minimum Gasteiger partial charge on any atom is -0.384 e. The van der Waals surface area contributed by atoms with Crippen LogP contribution in [0.3, 0.4) is 0 Å². The fraction of sp³-hybridized carbons (Fsp3) is 0.312. The van der Waals surface area contributed by atoms with Crippen molar-refractivity contribution in [2.45, 2.75) is 6.54 Å². The van der Waals surface area contributed by atoms with Gasteiger partial charge in [-0.15, -0.1) is 0 Å². The van der Waals surface area contributed by atoms with Gasteiger partial charge in [-0.2, -0.15) is 0 Å². The van der Waals surface area contributed by atoms with Gasteiger partial charge in [0.1, 0.15) is 11.0 Å². The topological polar surface area (TPSA) is 45.4 Å². The van der Waals surface area contributed by atoms with Crippen molar-refractivity contribution in [3.05, 3.63) is 53.2 Å². The molecule has 0 unspecified atom stereocenters. The lowest BCUT2D eigenvalue weighted by atomic mass is 10.2. The second-order valence-electron chi connectivity index (χ2n) is 5.32. The molecule has 21 heavy (non-hydrogen) atoms. The van der Waals surface area contributed by atoms with Crippen molar-refractivity contribution in [3.8, 4) is 0 Å². The molecule has 0 atom stereocenters. The number of anilines is 2. The minimum atomic E-state index is 0.455. The number of halogens is 1. The zero-order valence-corrected chi connectivity index (χ0v) is 12.6. The Morgan fingerprint density at radius 1 is 1.05 bits per heavy atom. The summed E-state index contributed by atoms with van der Waals surface area (Å²) in [5, 5.41) is 0.455. The molecule has 1 aromatic heterocycles. The van der Waals surface area contributed by atoms with Crippen LogP contribution in [0.25, 0.3) is 0 Å². The largest absolute Gasteiger partial charge is 0.384 e. The summed E-state index contributed by atoms with van der Waals surface area (Å²) < 4.78 is 0. The van der Waals surface area contributed by atoms with Gasteiger partial charge in [0.25, 0.3) is 0 Å². The second kappa shape index (κ2) is 6.33. The van der Waals surface area contributed by atoms with Crippen LogP contribution in [0.1, 0.15) is 5.56 Å². The van der Waals surface area contributed by atoms with Gasteiger partial charge in [-0.3, -0.25) is 4.90 Å². The van der Waals surface area contributed by atoms with E-state index in [0.29, 0.717) is 11.0 Å². The van der Waals surface area contributed by atoms with E-state index in [2.05, 4.69) is 45.1 Å². The Kier molecular flexibility index (Phi) is 4.27. The van der Waals surface area contributed by atoms with Gasteiger partial charge < -0.3 is 10.6 Å². The number of nitrogens with two attached hydrogens (primary N) is 1. The number of piperazine rings is 1. The fourth-order valence-electron chi connectivity index (χ4n) is 2.69. The maximum Gasteiger partial charge on any atom is 0.133 e. The molecule has 110 valence electrons. The van der Waals surface area contributed by atoms with Crippen LogP contribution in [0.5, 0.6) is 0 Å². The predicted octanol–water partition coefficient (Wildman–Crippen LogP) is 2.64. The second-order valence-corrected chi connectivity index (χ2v) is 5.71. The van der Waals surface area contributed by atoms with Crippen molar-refractivity contribution >= 4 is 23.1 Å². The molecule has 0 spiro atoms. The summed E-state index contributed by atoms with van der Waals surface area (Å²) in [6, 6.07) is 14.4. The molecule has 0 aliphatic carbocycles. The average molecular weight is 303 g/mol. The lowest BCUT2D eigenvalue weighted by Gasteiger charge is -2.36. The van der Waals surface area contributed by atoms with E-state index in [1.54, 1.807) is 0 Å². The molecular formula is C16H19ClN4. The molecule has 3 rings (SSSR count). The van der Waals surface area contributed by atoms with Gasteiger partial charge in [-0.25, -0.2) is 4.98 Å². The van der Waals surface area contributed by atoms with Gasteiger partial charge in [0, 0.05) is 44.5 Å². The summed E-state index contributed by atoms with van der Waals surface area (Å²) in [5.41, 5.74) is 8.19. The number of benzene rings is 1. The van der Waals surface area contributed by atoms with Crippen LogP contribution in [-0.4, -0.2) is 36.1 Å².